The van der Waals surface area contributed by atoms with Gasteiger partial charge in [-0.25, -0.2) is 0 Å². The van der Waals surface area contributed by atoms with Crippen molar-refractivity contribution in [3.8, 4) is 0 Å². The molecule has 1 aliphatic rings. The van der Waals surface area contributed by atoms with Crippen molar-refractivity contribution < 1.29 is 9.47 Å². The molecule has 2 rings (SSSR count). The van der Waals surface area contributed by atoms with Crippen LogP contribution >= 0.6 is 0 Å². The second-order valence-electron chi connectivity index (χ2n) is 7.16. The Morgan fingerprint density at radius 3 is 2.64 bits per heavy atom. The molecule has 5 nitrogen and oxygen atoms in total. The van der Waals surface area contributed by atoms with Crippen LogP contribution in [0.5, 0.6) is 0 Å². The largest absolute Gasteiger partial charge is 0.385 e. The second-order valence-corrected chi connectivity index (χ2v) is 7.16. The third kappa shape index (κ3) is 7.45. The van der Waals surface area contributed by atoms with Crippen LogP contribution < -0.4 is 10.6 Å². The van der Waals surface area contributed by atoms with Crippen molar-refractivity contribution in [2.75, 3.05) is 40.5 Å². The normalized spacial score (nSPS) is 17.2. The summed E-state index contributed by atoms with van der Waals surface area (Å²) in [5.41, 5.74) is 1.63. The summed E-state index contributed by atoms with van der Waals surface area (Å²) in [5.74, 6) is 1.30. The number of methoxy groups -OCH3 is 1. The minimum atomic E-state index is 0.415. The standard InChI is InChI=1S/C20H33N3O2/c1-17(14-25-15-18-7-5-4-6-8-18)13-22-19(21-2)23-16-20(9-10-20)11-12-24-3/h4-8,17H,9-16H2,1-3H3,(H2,21,22,23). The maximum Gasteiger partial charge on any atom is 0.191 e. The molecular weight excluding hydrogens is 314 g/mol. The Bertz CT molecular complexity index is 515. The van der Waals surface area contributed by atoms with Gasteiger partial charge in [0.15, 0.2) is 5.96 Å². The van der Waals surface area contributed by atoms with Crippen LogP contribution in [-0.2, 0) is 16.1 Å². The molecule has 0 aromatic heterocycles. The van der Waals surface area contributed by atoms with Gasteiger partial charge in [-0.3, -0.25) is 4.99 Å². The van der Waals surface area contributed by atoms with Crippen LogP contribution in [0.2, 0.25) is 0 Å². The molecule has 0 amide bonds. The van der Waals surface area contributed by atoms with E-state index in [1.165, 1.54) is 18.4 Å². The first-order valence-corrected chi connectivity index (χ1v) is 9.22. The number of ether oxygens (including phenoxy) is 2. The van der Waals surface area contributed by atoms with Crippen LogP contribution in [0, 0.1) is 11.3 Å². The molecule has 1 unspecified atom stereocenters. The summed E-state index contributed by atoms with van der Waals surface area (Å²) >= 11 is 0. The highest BCUT2D eigenvalue weighted by Gasteiger charge is 2.41. The van der Waals surface area contributed by atoms with Crippen molar-refractivity contribution in [3.05, 3.63) is 35.9 Å². The zero-order valence-electron chi connectivity index (χ0n) is 15.9. The first kappa shape index (κ1) is 19.7. The van der Waals surface area contributed by atoms with E-state index in [-0.39, 0.29) is 0 Å². The second kappa shape index (κ2) is 10.4. The van der Waals surface area contributed by atoms with Crippen LogP contribution in [-0.4, -0.2) is 46.4 Å². The van der Waals surface area contributed by atoms with Crippen molar-refractivity contribution in [2.24, 2.45) is 16.3 Å². The zero-order valence-corrected chi connectivity index (χ0v) is 15.9. The molecule has 0 heterocycles. The molecule has 1 aromatic carbocycles. The molecule has 0 saturated heterocycles. The summed E-state index contributed by atoms with van der Waals surface area (Å²) in [4.78, 5) is 4.32. The van der Waals surface area contributed by atoms with Crippen LogP contribution in [0.4, 0.5) is 0 Å². The van der Waals surface area contributed by atoms with E-state index >= 15 is 0 Å². The molecule has 140 valence electrons. The summed E-state index contributed by atoms with van der Waals surface area (Å²) in [6.45, 7) is 6.24. The highest BCUT2D eigenvalue weighted by molar-refractivity contribution is 5.79. The average Bonchev–Trinajstić information content (AvgIpc) is 3.41. The molecule has 1 saturated carbocycles. The van der Waals surface area contributed by atoms with Gasteiger partial charge >= 0.3 is 0 Å². The minimum Gasteiger partial charge on any atom is -0.385 e. The van der Waals surface area contributed by atoms with Crippen molar-refractivity contribution in [1.82, 2.24) is 10.6 Å². The lowest BCUT2D eigenvalue weighted by Crippen LogP contribution is -2.42. The van der Waals surface area contributed by atoms with Gasteiger partial charge in [0.25, 0.3) is 0 Å². The van der Waals surface area contributed by atoms with Crippen molar-refractivity contribution in [3.63, 3.8) is 0 Å². The zero-order chi connectivity index (χ0) is 18.0. The third-order valence-electron chi connectivity index (χ3n) is 4.78. The molecule has 2 N–H and O–H groups in total. The Balaban J connectivity index is 1.59. The predicted molar refractivity (Wildman–Crippen MR) is 103 cm³/mol. The summed E-state index contributed by atoms with van der Waals surface area (Å²) in [6, 6.07) is 10.3. The summed E-state index contributed by atoms with van der Waals surface area (Å²) in [7, 11) is 3.59. The van der Waals surface area contributed by atoms with Crippen LogP contribution in [0.3, 0.4) is 0 Å². The predicted octanol–water partition coefficient (Wildman–Crippen LogP) is 2.82. The fourth-order valence-corrected chi connectivity index (χ4v) is 2.78. The van der Waals surface area contributed by atoms with Crippen molar-refractivity contribution in [2.45, 2.75) is 32.8 Å². The number of aliphatic imine (C=N–C) groups is 1. The van der Waals surface area contributed by atoms with Gasteiger partial charge in [-0.1, -0.05) is 37.3 Å². The number of guanidine groups is 1. The molecule has 0 bridgehead atoms. The first-order chi connectivity index (χ1) is 12.2. The average molecular weight is 348 g/mol. The van der Waals surface area contributed by atoms with E-state index in [4.69, 9.17) is 9.47 Å². The SMILES string of the molecule is CN=C(NCC(C)COCc1ccccc1)NCC1(CCOC)CC1. The fraction of sp³-hybridized carbons (Fsp3) is 0.650. The van der Waals surface area contributed by atoms with E-state index in [1.54, 1.807) is 7.11 Å². The number of nitrogens with zero attached hydrogens (tertiary/aromatic N) is 1. The maximum absolute atomic E-state index is 5.80. The van der Waals surface area contributed by atoms with Crippen molar-refractivity contribution >= 4 is 5.96 Å². The van der Waals surface area contributed by atoms with Gasteiger partial charge in [0, 0.05) is 33.9 Å². The third-order valence-corrected chi connectivity index (χ3v) is 4.78. The van der Waals surface area contributed by atoms with E-state index in [1.807, 2.05) is 25.2 Å². The molecule has 1 atom stereocenters. The van der Waals surface area contributed by atoms with Gasteiger partial charge in [0.2, 0.25) is 0 Å². The number of benzene rings is 1. The van der Waals surface area contributed by atoms with Gasteiger partial charge in [-0.15, -0.1) is 0 Å². The van der Waals surface area contributed by atoms with E-state index < -0.39 is 0 Å². The number of hydrogen-bond acceptors (Lipinski definition) is 3. The highest BCUT2D eigenvalue weighted by atomic mass is 16.5. The van der Waals surface area contributed by atoms with Crippen LogP contribution in [0.1, 0.15) is 31.7 Å². The maximum atomic E-state index is 5.80. The summed E-state index contributed by atoms with van der Waals surface area (Å²) in [5, 5.41) is 6.86. The van der Waals surface area contributed by atoms with Gasteiger partial charge in [-0.2, -0.15) is 0 Å². The summed E-state index contributed by atoms with van der Waals surface area (Å²) in [6.07, 6.45) is 3.69. The Labute approximate surface area is 152 Å². The van der Waals surface area contributed by atoms with Gasteiger partial charge in [-0.05, 0) is 36.2 Å². The lowest BCUT2D eigenvalue weighted by molar-refractivity contribution is 0.0931. The molecule has 25 heavy (non-hydrogen) atoms. The van der Waals surface area contributed by atoms with Gasteiger partial charge in [0.1, 0.15) is 0 Å². The molecule has 1 fully saturated rings. The minimum absolute atomic E-state index is 0.415. The van der Waals surface area contributed by atoms with Gasteiger partial charge in [0.05, 0.1) is 13.2 Å². The van der Waals surface area contributed by atoms with E-state index in [0.29, 0.717) is 17.9 Å². The molecule has 0 spiro atoms. The number of rotatable bonds is 11. The van der Waals surface area contributed by atoms with Gasteiger partial charge < -0.3 is 20.1 Å². The highest BCUT2D eigenvalue weighted by Crippen LogP contribution is 2.48. The Morgan fingerprint density at radius 1 is 1.24 bits per heavy atom. The molecule has 1 aromatic rings. The molecule has 1 aliphatic carbocycles. The molecule has 0 radical (unpaired) electrons. The van der Waals surface area contributed by atoms with Crippen LogP contribution in [0.15, 0.2) is 35.3 Å². The molecular formula is C20H33N3O2. The molecule has 0 aliphatic heterocycles. The fourth-order valence-electron chi connectivity index (χ4n) is 2.78. The Kier molecular flexibility index (Phi) is 8.22. The smallest absolute Gasteiger partial charge is 0.191 e. The van der Waals surface area contributed by atoms with E-state index in [9.17, 15) is 0 Å². The monoisotopic (exact) mass is 347 g/mol. The number of hydrogen-bond donors (Lipinski definition) is 2. The van der Waals surface area contributed by atoms with Crippen molar-refractivity contribution in [1.29, 1.82) is 0 Å². The summed E-state index contributed by atoms with van der Waals surface area (Å²) < 4.78 is 11.0. The lowest BCUT2D eigenvalue weighted by Gasteiger charge is -2.20. The van der Waals surface area contributed by atoms with E-state index in [2.05, 4.69) is 34.7 Å². The Morgan fingerprint density at radius 2 is 2.00 bits per heavy atom. The first-order valence-electron chi connectivity index (χ1n) is 9.22. The topological polar surface area (TPSA) is 54.9 Å². The quantitative estimate of drug-likeness (QED) is 0.477. The van der Waals surface area contributed by atoms with E-state index in [0.717, 1.165) is 38.7 Å². The van der Waals surface area contributed by atoms with Crippen LogP contribution in [0.25, 0.3) is 0 Å². The lowest BCUT2D eigenvalue weighted by atomic mass is 10.0. The molecule has 5 heteroatoms. The Hall–Kier alpha value is -1.59. The number of nitrogens with one attached hydrogen (secondary N) is 2.